The van der Waals surface area contributed by atoms with Gasteiger partial charge in [0.1, 0.15) is 11.9 Å². The van der Waals surface area contributed by atoms with E-state index in [1.165, 1.54) is 22.9 Å². The normalized spacial score (nSPS) is 20.1. The van der Waals surface area contributed by atoms with Gasteiger partial charge in [-0.15, -0.1) is 0 Å². The Bertz CT molecular complexity index is 739. The minimum Gasteiger partial charge on any atom is -0.443 e. The van der Waals surface area contributed by atoms with Gasteiger partial charge in [0.2, 0.25) is 0 Å². The second-order valence-corrected chi connectivity index (χ2v) is 6.92. The molecule has 0 aromatic heterocycles. The summed E-state index contributed by atoms with van der Waals surface area (Å²) in [6.45, 7) is 2.31. The predicted octanol–water partition coefficient (Wildman–Crippen LogP) is 3.07. The molecular formula is C18H21FN4O2S. The van der Waals surface area contributed by atoms with Crippen LogP contribution in [0.25, 0.3) is 0 Å². The molecule has 3 rings (SSSR count). The van der Waals surface area contributed by atoms with E-state index in [9.17, 15) is 9.18 Å². The minimum atomic E-state index is -0.450. The van der Waals surface area contributed by atoms with E-state index in [0.717, 1.165) is 18.4 Å². The average Bonchev–Trinajstić information content (AvgIpc) is 3.02. The van der Waals surface area contributed by atoms with Gasteiger partial charge in [0.05, 0.1) is 24.0 Å². The van der Waals surface area contributed by atoms with Crippen LogP contribution in [0.15, 0.2) is 29.8 Å². The summed E-state index contributed by atoms with van der Waals surface area (Å²) < 4.78 is 23.0. The van der Waals surface area contributed by atoms with Gasteiger partial charge in [-0.1, -0.05) is 17.5 Å². The summed E-state index contributed by atoms with van der Waals surface area (Å²) in [5, 5.41) is 8.72. The van der Waals surface area contributed by atoms with Gasteiger partial charge in [-0.25, -0.2) is 9.18 Å². The van der Waals surface area contributed by atoms with Crippen molar-refractivity contribution in [1.29, 1.82) is 5.26 Å². The molecule has 1 aromatic rings. The van der Waals surface area contributed by atoms with E-state index in [2.05, 4.69) is 10.8 Å². The van der Waals surface area contributed by atoms with Crippen molar-refractivity contribution in [2.24, 2.45) is 0 Å². The highest BCUT2D eigenvalue weighted by molar-refractivity contribution is 7.96. The van der Waals surface area contributed by atoms with Crippen LogP contribution in [0, 0.1) is 17.1 Å². The molecule has 0 aliphatic carbocycles. The minimum absolute atomic E-state index is 0.245. The van der Waals surface area contributed by atoms with E-state index in [4.69, 9.17) is 10.00 Å². The Hall–Kier alpha value is -2.24. The SMILES string of the molecule is CSNCC1CN(c2ccc(N3CCC(=CC#N)CC3)c(F)c2)C(=O)O1. The fraction of sp³-hybridized carbons (Fsp3) is 0.444. The molecule has 1 atom stereocenters. The summed E-state index contributed by atoms with van der Waals surface area (Å²) in [6, 6.07) is 6.91. The number of carbonyl (C=O) groups excluding carboxylic acids is 1. The number of allylic oxidation sites excluding steroid dienone is 1. The number of amides is 1. The van der Waals surface area contributed by atoms with Crippen LogP contribution in [0.4, 0.5) is 20.6 Å². The molecule has 0 saturated carbocycles. The number of nitrogens with one attached hydrogen (secondary N) is 1. The molecule has 1 unspecified atom stereocenters. The lowest BCUT2D eigenvalue weighted by atomic mass is 10.0. The summed E-state index contributed by atoms with van der Waals surface area (Å²) in [4.78, 5) is 15.5. The van der Waals surface area contributed by atoms with Crippen molar-refractivity contribution in [3.8, 4) is 6.07 Å². The first-order valence-corrected chi connectivity index (χ1v) is 9.71. The van der Waals surface area contributed by atoms with E-state index in [1.807, 2.05) is 11.2 Å². The number of nitrogens with zero attached hydrogens (tertiary/aromatic N) is 3. The van der Waals surface area contributed by atoms with Crippen molar-refractivity contribution in [3.63, 3.8) is 0 Å². The van der Waals surface area contributed by atoms with Gasteiger partial charge in [-0.2, -0.15) is 5.26 Å². The summed E-state index contributed by atoms with van der Waals surface area (Å²) in [7, 11) is 0. The number of cyclic esters (lactones) is 1. The number of piperidine rings is 1. The number of ether oxygens (including phenoxy) is 1. The number of nitriles is 1. The Morgan fingerprint density at radius 1 is 1.46 bits per heavy atom. The summed E-state index contributed by atoms with van der Waals surface area (Å²) in [5.74, 6) is -0.353. The second-order valence-electron chi connectivity index (χ2n) is 6.22. The van der Waals surface area contributed by atoms with Gasteiger partial charge in [0.25, 0.3) is 0 Å². The third kappa shape index (κ3) is 4.11. The number of halogens is 1. The molecule has 26 heavy (non-hydrogen) atoms. The van der Waals surface area contributed by atoms with Crippen LogP contribution in [0.3, 0.4) is 0 Å². The highest BCUT2D eigenvalue weighted by Gasteiger charge is 2.32. The van der Waals surface area contributed by atoms with Crippen molar-refractivity contribution in [2.45, 2.75) is 18.9 Å². The van der Waals surface area contributed by atoms with Gasteiger partial charge >= 0.3 is 6.09 Å². The fourth-order valence-corrected chi connectivity index (χ4v) is 3.56. The largest absolute Gasteiger partial charge is 0.443 e. The van der Waals surface area contributed by atoms with Crippen molar-refractivity contribution in [3.05, 3.63) is 35.7 Å². The molecular weight excluding hydrogens is 355 g/mol. The maximum atomic E-state index is 14.7. The van der Waals surface area contributed by atoms with Crippen molar-refractivity contribution in [2.75, 3.05) is 42.2 Å². The highest BCUT2D eigenvalue weighted by Crippen LogP contribution is 2.30. The Morgan fingerprint density at radius 2 is 2.23 bits per heavy atom. The Balaban J connectivity index is 1.68. The standard InChI is InChI=1S/C18H21FN4O2S/c1-26-21-11-15-12-23(18(24)25-15)14-2-3-17(16(19)10-14)22-8-5-13(4-7-20)6-9-22/h2-4,10,15,21H,5-6,8-9,11-12H2,1H3. The molecule has 0 radical (unpaired) electrons. The zero-order valence-corrected chi connectivity index (χ0v) is 15.4. The first-order chi connectivity index (χ1) is 12.6. The summed E-state index contributed by atoms with van der Waals surface area (Å²) in [5.41, 5.74) is 2.13. The topological polar surface area (TPSA) is 68.6 Å². The van der Waals surface area contributed by atoms with Gasteiger partial charge in [-0.3, -0.25) is 9.62 Å². The molecule has 1 N–H and O–H groups in total. The molecule has 138 valence electrons. The number of hydrogen-bond acceptors (Lipinski definition) is 6. The van der Waals surface area contributed by atoms with Crippen LogP contribution < -0.4 is 14.5 Å². The molecule has 1 aromatic carbocycles. The quantitative estimate of drug-likeness (QED) is 0.629. The number of anilines is 2. The maximum absolute atomic E-state index is 14.7. The van der Waals surface area contributed by atoms with Gasteiger partial charge in [0, 0.05) is 25.7 Å². The van der Waals surface area contributed by atoms with Crippen molar-refractivity contribution < 1.29 is 13.9 Å². The number of carbonyl (C=O) groups is 1. The molecule has 2 aliphatic heterocycles. The number of hydrogen-bond donors (Lipinski definition) is 1. The van der Waals surface area contributed by atoms with Gasteiger partial charge in [-0.05, 0) is 37.3 Å². The number of rotatable bonds is 5. The van der Waals surface area contributed by atoms with Crippen molar-refractivity contribution >= 4 is 29.4 Å². The first kappa shape index (κ1) is 18.5. The first-order valence-electron chi connectivity index (χ1n) is 8.48. The molecule has 2 fully saturated rings. The summed E-state index contributed by atoms with van der Waals surface area (Å²) >= 11 is 1.46. The van der Waals surface area contributed by atoms with Crippen molar-refractivity contribution in [1.82, 2.24) is 4.72 Å². The average molecular weight is 376 g/mol. The lowest BCUT2D eigenvalue weighted by Crippen LogP contribution is -2.31. The molecule has 1 amide bonds. The zero-order valence-electron chi connectivity index (χ0n) is 14.6. The summed E-state index contributed by atoms with van der Waals surface area (Å²) in [6.07, 6.45) is 4.31. The van der Waals surface area contributed by atoms with Crippen LogP contribution in [-0.2, 0) is 4.74 Å². The molecule has 0 bridgehead atoms. The Labute approximate surface area is 156 Å². The van der Waals surface area contributed by atoms with Gasteiger partial charge < -0.3 is 9.64 Å². The molecule has 8 heteroatoms. The molecule has 2 aliphatic rings. The van der Waals surface area contributed by atoms with E-state index in [1.54, 1.807) is 18.2 Å². The van der Waals surface area contributed by atoms with Crippen LogP contribution in [0.5, 0.6) is 0 Å². The molecule has 6 nitrogen and oxygen atoms in total. The Morgan fingerprint density at radius 3 is 2.88 bits per heavy atom. The smallest absolute Gasteiger partial charge is 0.414 e. The van der Waals surface area contributed by atoms with E-state index in [-0.39, 0.29) is 11.9 Å². The lowest BCUT2D eigenvalue weighted by molar-refractivity contribution is 0.143. The molecule has 2 saturated heterocycles. The predicted molar refractivity (Wildman–Crippen MR) is 101 cm³/mol. The zero-order chi connectivity index (χ0) is 18.5. The van der Waals surface area contributed by atoms with E-state index < -0.39 is 6.09 Å². The highest BCUT2D eigenvalue weighted by atomic mass is 32.2. The van der Waals surface area contributed by atoms with Crippen LogP contribution in [-0.4, -0.2) is 44.6 Å². The third-order valence-electron chi connectivity index (χ3n) is 4.59. The fourth-order valence-electron chi connectivity index (χ4n) is 3.21. The lowest BCUT2D eigenvalue weighted by Gasteiger charge is -2.30. The van der Waals surface area contributed by atoms with Gasteiger partial charge in [0.15, 0.2) is 0 Å². The van der Waals surface area contributed by atoms with E-state index >= 15 is 0 Å². The monoisotopic (exact) mass is 376 g/mol. The van der Waals surface area contributed by atoms with Crippen LogP contribution in [0.2, 0.25) is 0 Å². The Kier molecular flexibility index (Phi) is 6.01. The third-order valence-corrected chi connectivity index (χ3v) is 5.04. The maximum Gasteiger partial charge on any atom is 0.414 e. The van der Waals surface area contributed by atoms with E-state index in [0.29, 0.717) is 37.6 Å². The molecule has 0 spiro atoms. The molecule has 2 heterocycles. The van der Waals surface area contributed by atoms with Crippen LogP contribution >= 0.6 is 11.9 Å². The second kappa shape index (κ2) is 8.43. The van der Waals surface area contributed by atoms with Crippen LogP contribution in [0.1, 0.15) is 12.8 Å². The number of benzene rings is 1.